The summed E-state index contributed by atoms with van der Waals surface area (Å²) in [7, 11) is 0. The van der Waals surface area contributed by atoms with E-state index in [2.05, 4.69) is 10.2 Å². The standard InChI is InChI=1S/C13H15N3O3/c1-2-3-12-11(13(17)15-14-12)8-9-4-6-10(7-5-9)16(18)19/h4-7H,2-3,8H2,1H3,(H2,14,15,17). The van der Waals surface area contributed by atoms with Gasteiger partial charge in [0, 0.05) is 29.8 Å². The van der Waals surface area contributed by atoms with Gasteiger partial charge in [-0.15, -0.1) is 0 Å². The molecule has 0 saturated carbocycles. The Labute approximate surface area is 109 Å². The van der Waals surface area contributed by atoms with Crippen LogP contribution < -0.4 is 5.56 Å². The Balaban J connectivity index is 2.23. The SMILES string of the molecule is CCCc1[nH][nH]c(=O)c1Cc1ccc([N+](=O)[O-])cc1. The van der Waals surface area contributed by atoms with Crippen molar-refractivity contribution in [3.8, 4) is 0 Å². The maximum Gasteiger partial charge on any atom is 0.269 e. The quantitative estimate of drug-likeness (QED) is 0.638. The second-order valence-electron chi connectivity index (χ2n) is 4.39. The highest BCUT2D eigenvalue weighted by molar-refractivity contribution is 5.35. The molecule has 0 unspecified atom stereocenters. The smallest absolute Gasteiger partial charge is 0.269 e. The van der Waals surface area contributed by atoms with Crippen LogP contribution in [0.25, 0.3) is 0 Å². The Bertz CT molecular complexity index is 625. The summed E-state index contributed by atoms with van der Waals surface area (Å²) in [6.45, 7) is 2.04. The summed E-state index contributed by atoms with van der Waals surface area (Å²) in [5, 5.41) is 16.0. The van der Waals surface area contributed by atoms with Gasteiger partial charge >= 0.3 is 0 Å². The highest BCUT2D eigenvalue weighted by atomic mass is 16.6. The van der Waals surface area contributed by atoms with E-state index in [1.54, 1.807) is 12.1 Å². The van der Waals surface area contributed by atoms with Crippen molar-refractivity contribution in [2.75, 3.05) is 0 Å². The van der Waals surface area contributed by atoms with Crippen LogP contribution in [0.15, 0.2) is 29.1 Å². The van der Waals surface area contributed by atoms with Crippen molar-refractivity contribution in [3.05, 3.63) is 61.6 Å². The summed E-state index contributed by atoms with van der Waals surface area (Å²) < 4.78 is 0. The van der Waals surface area contributed by atoms with E-state index in [1.165, 1.54) is 12.1 Å². The van der Waals surface area contributed by atoms with Crippen LogP contribution in [0, 0.1) is 10.1 Å². The van der Waals surface area contributed by atoms with Gasteiger partial charge in [-0.2, -0.15) is 0 Å². The number of non-ortho nitro benzene ring substituents is 1. The molecule has 0 spiro atoms. The van der Waals surface area contributed by atoms with Gasteiger partial charge in [-0.05, 0) is 12.0 Å². The number of hydrogen-bond acceptors (Lipinski definition) is 3. The molecule has 2 rings (SSSR count). The second-order valence-corrected chi connectivity index (χ2v) is 4.39. The summed E-state index contributed by atoms with van der Waals surface area (Å²) >= 11 is 0. The first-order valence-electron chi connectivity index (χ1n) is 6.13. The number of benzene rings is 1. The lowest BCUT2D eigenvalue weighted by atomic mass is 10.0. The van der Waals surface area contributed by atoms with E-state index >= 15 is 0 Å². The molecule has 0 fully saturated rings. The number of aromatic nitrogens is 2. The molecule has 0 radical (unpaired) electrons. The summed E-state index contributed by atoms with van der Waals surface area (Å²) in [5.74, 6) is 0. The van der Waals surface area contributed by atoms with Gasteiger partial charge in [-0.25, -0.2) is 0 Å². The Hall–Kier alpha value is -2.37. The van der Waals surface area contributed by atoms with Crippen molar-refractivity contribution in [3.63, 3.8) is 0 Å². The third-order valence-electron chi connectivity index (χ3n) is 2.99. The number of nitrogens with one attached hydrogen (secondary N) is 2. The molecular formula is C13H15N3O3. The lowest BCUT2D eigenvalue weighted by Gasteiger charge is -2.01. The van der Waals surface area contributed by atoms with E-state index in [-0.39, 0.29) is 11.2 Å². The molecule has 19 heavy (non-hydrogen) atoms. The number of nitro groups is 1. The monoisotopic (exact) mass is 261 g/mol. The van der Waals surface area contributed by atoms with Crippen LogP contribution in [-0.2, 0) is 12.8 Å². The average molecular weight is 261 g/mol. The summed E-state index contributed by atoms with van der Waals surface area (Å²) in [4.78, 5) is 21.8. The van der Waals surface area contributed by atoms with Gasteiger partial charge in [0.05, 0.1) is 4.92 Å². The second kappa shape index (κ2) is 5.51. The molecule has 100 valence electrons. The highest BCUT2D eigenvalue weighted by Crippen LogP contribution is 2.15. The van der Waals surface area contributed by atoms with Gasteiger partial charge in [0.25, 0.3) is 11.2 Å². The molecule has 0 aliphatic heterocycles. The largest absolute Gasteiger partial charge is 0.302 e. The topological polar surface area (TPSA) is 91.8 Å². The van der Waals surface area contributed by atoms with Crippen molar-refractivity contribution >= 4 is 5.69 Å². The van der Waals surface area contributed by atoms with Gasteiger partial charge in [-0.1, -0.05) is 25.5 Å². The Morgan fingerprint density at radius 2 is 1.89 bits per heavy atom. The van der Waals surface area contributed by atoms with Gasteiger partial charge in [0.15, 0.2) is 0 Å². The molecule has 1 aromatic carbocycles. The molecule has 6 nitrogen and oxygen atoms in total. The third-order valence-corrected chi connectivity index (χ3v) is 2.99. The fourth-order valence-electron chi connectivity index (χ4n) is 2.01. The molecule has 0 aliphatic carbocycles. The molecule has 1 heterocycles. The molecule has 0 bridgehead atoms. The molecule has 0 aliphatic rings. The first-order chi connectivity index (χ1) is 9.11. The van der Waals surface area contributed by atoms with Gasteiger partial charge < -0.3 is 5.10 Å². The average Bonchev–Trinajstić information content (AvgIpc) is 2.73. The van der Waals surface area contributed by atoms with Crippen LogP contribution in [0.3, 0.4) is 0 Å². The molecule has 1 aromatic heterocycles. The molecule has 2 aromatic rings. The van der Waals surface area contributed by atoms with Crippen molar-refractivity contribution in [2.24, 2.45) is 0 Å². The lowest BCUT2D eigenvalue weighted by molar-refractivity contribution is -0.384. The normalized spacial score (nSPS) is 10.6. The maximum atomic E-state index is 11.7. The van der Waals surface area contributed by atoms with Gasteiger partial charge in [0.1, 0.15) is 0 Å². The van der Waals surface area contributed by atoms with Crippen molar-refractivity contribution in [1.29, 1.82) is 0 Å². The predicted molar refractivity (Wildman–Crippen MR) is 71.3 cm³/mol. The Morgan fingerprint density at radius 1 is 1.21 bits per heavy atom. The van der Waals surface area contributed by atoms with E-state index in [9.17, 15) is 14.9 Å². The number of rotatable bonds is 5. The van der Waals surface area contributed by atoms with Crippen molar-refractivity contribution in [1.82, 2.24) is 10.2 Å². The van der Waals surface area contributed by atoms with E-state index in [0.717, 1.165) is 24.1 Å². The number of aryl methyl sites for hydroxylation is 1. The van der Waals surface area contributed by atoms with Crippen LogP contribution in [0.5, 0.6) is 0 Å². The Morgan fingerprint density at radius 3 is 2.47 bits per heavy atom. The van der Waals surface area contributed by atoms with Crippen molar-refractivity contribution in [2.45, 2.75) is 26.2 Å². The fraction of sp³-hybridized carbons (Fsp3) is 0.308. The minimum absolute atomic E-state index is 0.0560. The molecule has 0 atom stereocenters. The first-order valence-corrected chi connectivity index (χ1v) is 6.13. The Kier molecular flexibility index (Phi) is 3.79. The summed E-state index contributed by atoms with van der Waals surface area (Å²) in [6, 6.07) is 6.27. The lowest BCUT2D eigenvalue weighted by Crippen LogP contribution is -2.07. The number of nitrogens with zero attached hydrogens (tertiary/aromatic N) is 1. The molecule has 0 saturated heterocycles. The highest BCUT2D eigenvalue weighted by Gasteiger charge is 2.11. The third kappa shape index (κ3) is 2.90. The molecular weight excluding hydrogens is 246 g/mol. The minimum atomic E-state index is -0.435. The number of hydrogen-bond donors (Lipinski definition) is 2. The first kappa shape index (κ1) is 13.1. The minimum Gasteiger partial charge on any atom is -0.302 e. The molecule has 6 heteroatoms. The van der Waals surface area contributed by atoms with Gasteiger partial charge in [0.2, 0.25) is 0 Å². The molecule has 2 N–H and O–H groups in total. The number of H-pyrrole nitrogens is 2. The van der Waals surface area contributed by atoms with Crippen LogP contribution in [0.4, 0.5) is 5.69 Å². The zero-order valence-electron chi connectivity index (χ0n) is 10.6. The number of nitro benzene ring substituents is 1. The van der Waals surface area contributed by atoms with E-state index in [4.69, 9.17) is 0 Å². The predicted octanol–water partition coefficient (Wildman–Crippen LogP) is 2.15. The van der Waals surface area contributed by atoms with Crippen LogP contribution in [0.1, 0.15) is 30.2 Å². The van der Waals surface area contributed by atoms with E-state index in [0.29, 0.717) is 12.0 Å². The zero-order valence-corrected chi connectivity index (χ0v) is 10.6. The maximum absolute atomic E-state index is 11.7. The van der Waals surface area contributed by atoms with Crippen molar-refractivity contribution < 1.29 is 4.92 Å². The number of aromatic amines is 2. The van der Waals surface area contributed by atoms with E-state index in [1.807, 2.05) is 6.92 Å². The van der Waals surface area contributed by atoms with Gasteiger partial charge in [-0.3, -0.25) is 20.0 Å². The molecule has 0 amide bonds. The fourth-order valence-corrected chi connectivity index (χ4v) is 2.01. The van der Waals surface area contributed by atoms with Crippen LogP contribution in [-0.4, -0.2) is 15.1 Å². The summed E-state index contributed by atoms with van der Waals surface area (Å²) in [5.41, 5.74) is 2.43. The summed E-state index contributed by atoms with van der Waals surface area (Å²) in [6.07, 6.45) is 2.23. The van der Waals surface area contributed by atoms with Crippen LogP contribution in [0.2, 0.25) is 0 Å². The zero-order chi connectivity index (χ0) is 13.8. The van der Waals surface area contributed by atoms with Crippen LogP contribution >= 0.6 is 0 Å². The van der Waals surface area contributed by atoms with E-state index < -0.39 is 4.92 Å².